The number of benzene rings is 1. The van der Waals surface area contributed by atoms with Crippen LogP contribution < -0.4 is 5.73 Å². The number of rotatable bonds is 3. The molecule has 1 heterocycles. The first-order chi connectivity index (χ1) is 7.58. The Bertz CT molecular complexity index is 430. The fourth-order valence-electron chi connectivity index (χ4n) is 1.83. The van der Waals surface area contributed by atoms with Gasteiger partial charge in [-0.15, -0.1) is 0 Å². The van der Waals surface area contributed by atoms with Crippen LogP contribution in [0.15, 0.2) is 12.1 Å². The van der Waals surface area contributed by atoms with Gasteiger partial charge in [0.1, 0.15) is 5.75 Å². The molecule has 1 aliphatic rings. The Morgan fingerprint density at radius 2 is 2.06 bits per heavy atom. The highest BCUT2D eigenvalue weighted by atomic mass is 16.5. The molecular weight excluding hydrogens is 210 g/mol. The van der Waals surface area contributed by atoms with Gasteiger partial charge < -0.3 is 20.7 Å². The number of hydrogen-bond acceptors (Lipinski definition) is 4. The zero-order valence-electron chi connectivity index (χ0n) is 8.64. The van der Waals surface area contributed by atoms with Gasteiger partial charge >= 0.3 is 5.97 Å². The first kappa shape index (κ1) is 10.9. The third kappa shape index (κ3) is 2.00. The van der Waals surface area contributed by atoms with Crippen LogP contribution >= 0.6 is 0 Å². The summed E-state index contributed by atoms with van der Waals surface area (Å²) in [4.78, 5) is 10.5. The van der Waals surface area contributed by atoms with Crippen LogP contribution in [0.5, 0.6) is 5.75 Å². The number of phenolic OH excluding ortho intramolecular Hbond substituents is 1. The van der Waals surface area contributed by atoms with Crippen LogP contribution in [0.4, 0.5) is 0 Å². The number of carboxylic acids is 1. The van der Waals surface area contributed by atoms with Crippen molar-refractivity contribution in [1.82, 2.24) is 0 Å². The van der Waals surface area contributed by atoms with Crippen LogP contribution in [-0.2, 0) is 22.7 Å². The zero-order valence-corrected chi connectivity index (χ0v) is 8.64. The maximum absolute atomic E-state index is 10.5. The van der Waals surface area contributed by atoms with Crippen molar-refractivity contribution in [3.63, 3.8) is 0 Å². The van der Waals surface area contributed by atoms with E-state index in [-0.39, 0.29) is 12.2 Å². The molecule has 4 N–H and O–H groups in total. The molecule has 0 saturated heterocycles. The van der Waals surface area contributed by atoms with E-state index < -0.39 is 12.0 Å². The number of hydrogen-bond donors (Lipinski definition) is 3. The Balaban J connectivity index is 2.30. The van der Waals surface area contributed by atoms with E-state index in [9.17, 15) is 9.90 Å². The molecule has 1 aliphatic heterocycles. The van der Waals surface area contributed by atoms with E-state index in [0.717, 1.165) is 11.1 Å². The number of ether oxygens (including phenoxy) is 1. The highest BCUT2D eigenvalue weighted by molar-refractivity contribution is 5.68. The van der Waals surface area contributed by atoms with Crippen LogP contribution in [-0.4, -0.2) is 16.2 Å². The number of aromatic hydroxyl groups is 1. The highest BCUT2D eigenvalue weighted by Gasteiger charge is 2.19. The van der Waals surface area contributed by atoms with E-state index in [1.54, 1.807) is 12.1 Å². The molecule has 0 saturated carbocycles. The predicted molar refractivity (Wildman–Crippen MR) is 55.8 cm³/mol. The summed E-state index contributed by atoms with van der Waals surface area (Å²) >= 11 is 0. The third-order valence-corrected chi connectivity index (χ3v) is 2.66. The van der Waals surface area contributed by atoms with E-state index in [0.29, 0.717) is 18.8 Å². The standard InChI is InChI=1S/C11H13NO4/c12-9(3-11(14)15)8-1-6-4-16-5-7(6)2-10(8)13/h1-2,9,13H,3-5,12H2,(H,14,15). The lowest BCUT2D eigenvalue weighted by molar-refractivity contribution is -0.137. The molecule has 1 atom stereocenters. The van der Waals surface area contributed by atoms with Crippen molar-refractivity contribution in [2.45, 2.75) is 25.7 Å². The minimum Gasteiger partial charge on any atom is -0.508 e. The number of nitrogens with two attached hydrogens (primary N) is 1. The first-order valence-electron chi connectivity index (χ1n) is 4.97. The fourth-order valence-corrected chi connectivity index (χ4v) is 1.83. The quantitative estimate of drug-likeness (QED) is 0.707. The smallest absolute Gasteiger partial charge is 0.305 e. The molecule has 0 amide bonds. The molecule has 5 heteroatoms. The summed E-state index contributed by atoms with van der Waals surface area (Å²) in [7, 11) is 0. The molecule has 0 spiro atoms. The van der Waals surface area contributed by atoms with Crippen molar-refractivity contribution in [2.24, 2.45) is 5.73 Å². The van der Waals surface area contributed by atoms with Gasteiger partial charge in [0.05, 0.1) is 19.6 Å². The summed E-state index contributed by atoms with van der Waals surface area (Å²) in [6.07, 6.45) is -0.201. The largest absolute Gasteiger partial charge is 0.508 e. The van der Waals surface area contributed by atoms with E-state index in [1.807, 2.05) is 0 Å². The zero-order chi connectivity index (χ0) is 11.7. The molecule has 1 aromatic carbocycles. The topological polar surface area (TPSA) is 92.8 Å². The van der Waals surface area contributed by atoms with Crippen LogP contribution in [0, 0.1) is 0 Å². The molecule has 16 heavy (non-hydrogen) atoms. The van der Waals surface area contributed by atoms with Crippen molar-refractivity contribution in [2.75, 3.05) is 0 Å². The highest BCUT2D eigenvalue weighted by Crippen LogP contribution is 2.31. The van der Waals surface area contributed by atoms with E-state index in [2.05, 4.69) is 0 Å². The fraction of sp³-hybridized carbons (Fsp3) is 0.364. The van der Waals surface area contributed by atoms with E-state index in [1.165, 1.54) is 0 Å². The minimum absolute atomic E-state index is 0.0398. The summed E-state index contributed by atoms with van der Waals surface area (Å²) < 4.78 is 5.22. The maximum atomic E-state index is 10.5. The SMILES string of the molecule is NC(CC(=O)O)c1cc2c(cc1O)COC2. The Morgan fingerprint density at radius 1 is 1.44 bits per heavy atom. The Labute approximate surface area is 92.5 Å². The lowest BCUT2D eigenvalue weighted by atomic mass is 9.98. The summed E-state index contributed by atoms with van der Waals surface area (Å²) in [6.45, 7) is 0.972. The number of fused-ring (bicyclic) bond motifs is 1. The van der Waals surface area contributed by atoms with Crippen molar-refractivity contribution >= 4 is 5.97 Å². The molecule has 0 bridgehead atoms. The van der Waals surface area contributed by atoms with Gasteiger partial charge in [-0.1, -0.05) is 0 Å². The molecule has 86 valence electrons. The Hall–Kier alpha value is -1.59. The predicted octanol–water partition coefficient (Wildman–Crippen LogP) is 0.897. The summed E-state index contributed by atoms with van der Waals surface area (Å²) in [5.74, 6) is -0.943. The molecule has 1 aromatic rings. The lowest BCUT2D eigenvalue weighted by Crippen LogP contribution is -2.15. The van der Waals surface area contributed by atoms with Gasteiger partial charge in [-0.05, 0) is 23.3 Å². The van der Waals surface area contributed by atoms with Crippen LogP contribution in [0.2, 0.25) is 0 Å². The first-order valence-corrected chi connectivity index (χ1v) is 4.97. The second-order valence-corrected chi connectivity index (χ2v) is 3.88. The van der Waals surface area contributed by atoms with Crippen molar-refractivity contribution in [3.8, 4) is 5.75 Å². The minimum atomic E-state index is -0.983. The average Bonchev–Trinajstić information content (AvgIpc) is 2.61. The van der Waals surface area contributed by atoms with Gasteiger partial charge in [-0.2, -0.15) is 0 Å². The summed E-state index contributed by atoms with van der Waals surface area (Å²) in [5.41, 5.74) is 8.07. The second-order valence-electron chi connectivity index (χ2n) is 3.88. The van der Waals surface area contributed by atoms with E-state index in [4.69, 9.17) is 15.6 Å². The van der Waals surface area contributed by atoms with E-state index >= 15 is 0 Å². The molecule has 0 radical (unpaired) electrons. The molecule has 0 fully saturated rings. The molecule has 0 aromatic heterocycles. The van der Waals surface area contributed by atoms with Gasteiger partial charge in [0.25, 0.3) is 0 Å². The van der Waals surface area contributed by atoms with Crippen molar-refractivity contribution < 1.29 is 19.7 Å². The Morgan fingerprint density at radius 3 is 2.69 bits per heavy atom. The van der Waals surface area contributed by atoms with Gasteiger partial charge in [-0.25, -0.2) is 0 Å². The maximum Gasteiger partial charge on any atom is 0.305 e. The number of carboxylic acid groups (broad SMARTS) is 1. The monoisotopic (exact) mass is 223 g/mol. The van der Waals surface area contributed by atoms with Gasteiger partial charge in [0.15, 0.2) is 0 Å². The van der Waals surface area contributed by atoms with Crippen LogP contribution in [0.1, 0.15) is 29.2 Å². The molecule has 1 unspecified atom stereocenters. The average molecular weight is 223 g/mol. The normalized spacial score (nSPS) is 15.8. The van der Waals surface area contributed by atoms with Gasteiger partial charge in [0.2, 0.25) is 0 Å². The number of phenols is 1. The van der Waals surface area contributed by atoms with Gasteiger partial charge in [-0.3, -0.25) is 4.79 Å². The number of aliphatic carboxylic acids is 1. The summed E-state index contributed by atoms with van der Waals surface area (Å²) in [5, 5.41) is 18.4. The summed E-state index contributed by atoms with van der Waals surface area (Å²) in [6, 6.07) is 2.63. The van der Waals surface area contributed by atoms with Crippen LogP contribution in [0.3, 0.4) is 0 Å². The Kier molecular flexibility index (Phi) is 2.80. The van der Waals surface area contributed by atoms with Gasteiger partial charge in [0, 0.05) is 11.6 Å². The molecule has 5 nitrogen and oxygen atoms in total. The molecule has 2 rings (SSSR count). The lowest BCUT2D eigenvalue weighted by Gasteiger charge is -2.12. The third-order valence-electron chi connectivity index (χ3n) is 2.66. The van der Waals surface area contributed by atoms with Crippen molar-refractivity contribution in [3.05, 3.63) is 28.8 Å². The second kappa shape index (κ2) is 4.11. The molecule has 0 aliphatic carbocycles. The van der Waals surface area contributed by atoms with Crippen molar-refractivity contribution in [1.29, 1.82) is 0 Å². The van der Waals surface area contributed by atoms with Crippen LogP contribution in [0.25, 0.3) is 0 Å². The number of carbonyl (C=O) groups is 1. The molecular formula is C11H13NO4.